The summed E-state index contributed by atoms with van der Waals surface area (Å²) in [5.41, 5.74) is 1.14. The van der Waals surface area contributed by atoms with Gasteiger partial charge in [0.15, 0.2) is 15.0 Å². The van der Waals surface area contributed by atoms with Gasteiger partial charge >= 0.3 is 0 Å². The molecule has 1 saturated heterocycles. The Bertz CT molecular complexity index is 728. The minimum Gasteiger partial charge on any atom is -0.302 e. The first-order valence-corrected chi connectivity index (χ1v) is 11.6. The molecule has 7 heteroatoms. The maximum Gasteiger partial charge on any atom is 0.226 e. The number of rotatable bonds is 4. The van der Waals surface area contributed by atoms with Crippen LogP contribution in [0.2, 0.25) is 0 Å². The molecule has 0 radical (unpaired) electrons. The van der Waals surface area contributed by atoms with Crippen molar-refractivity contribution < 1.29 is 13.2 Å². The third kappa shape index (κ3) is 3.52. The molecule has 1 aromatic rings. The number of sulfone groups is 1. The van der Waals surface area contributed by atoms with Crippen LogP contribution >= 0.6 is 11.3 Å². The molecule has 3 fully saturated rings. The number of thiazole rings is 1. The molecule has 4 atom stereocenters. The van der Waals surface area contributed by atoms with Crippen LogP contribution in [0.4, 0.5) is 5.13 Å². The first-order chi connectivity index (χ1) is 11.5. The van der Waals surface area contributed by atoms with Gasteiger partial charge in [0.1, 0.15) is 0 Å². The predicted molar refractivity (Wildman–Crippen MR) is 94.9 cm³/mol. The highest BCUT2D eigenvalue weighted by molar-refractivity contribution is 7.91. The van der Waals surface area contributed by atoms with Crippen LogP contribution in [-0.2, 0) is 14.6 Å². The molecule has 2 aliphatic carbocycles. The Morgan fingerprint density at radius 3 is 2.88 bits per heavy atom. The lowest BCUT2D eigenvalue weighted by molar-refractivity contribution is -0.117. The van der Waals surface area contributed by atoms with Crippen LogP contribution in [0, 0.1) is 17.8 Å². The average molecular weight is 369 g/mol. The molecular formula is C17H24N2O3S2. The zero-order valence-corrected chi connectivity index (χ0v) is 15.4. The number of anilines is 1. The summed E-state index contributed by atoms with van der Waals surface area (Å²) in [6, 6.07) is 0. The van der Waals surface area contributed by atoms with Gasteiger partial charge < -0.3 is 5.32 Å². The third-order valence-corrected chi connectivity index (χ3v) is 8.58. The number of nitrogens with one attached hydrogen (secondary N) is 1. The van der Waals surface area contributed by atoms with E-state index in [2.05, 4.69) is 15.7 Å². The maximum atomic E-state index is 12.2. The van der Waals surface area contributed by atoms with Crippen molar-refractivity contribution in [1.82, 2.24) is 4.98 Å². The van der Waals surface area contributed by atoms with Crippen molar-refractivity contribution in [2.24, 2.45) is 17.8 Å². The zero-order chi connectivity index (χ0) is 16.7. The Morgan fingerprint density at radius 2 is 2.17 bits per heavy atom. The van der Waals surface area contributed by atoms with E-state index in [1.807, 2.05) is 0 Å². The second-order valence-corrected chi connectivity index (χ2v) is 10.8. The number of aromatic nitrogens is 1. The highest BCUT2D eigenvalue weighted by atomic mass is 32.2. The van der Waals surface area contributed by atoms with Crippen molar-refractivity contribution in [2.45, 2.75) is 50.9 Å². The fourth-order valence-corrected chi connectivity index (χ4v) is 7.40. The second kappa shape index (κ2) is 6.41. The molecule has 4 rings (SSSR count). The molecule has 0 aromatic carbocycles. The van der Waals surface area contributed by atoms with E-state index in [4.69, 9.17) is 0 Å². The van der Waals surface area contributed by atoms with Crippen molar-refractivity contribution in [1.29, 1.82) is 0 Å². The van der Waals surface area contributed by atoms with Crippen molar-refractivity contribution >= 4 is 32.2 Å². The highest BCUT2D eigenvalue weighted by Crippen LogP contribution is 2.52. The summed E-state index contributed by atoms with van der Waals surface area (Å²) in [7, 11) is -2.96. The molecule has 1 amide bonds. The lowest BCUT2D eigenvalue weighted by atomic mass is 9.87. The average Bonchev–Trinajstić information content (AvgIpc) is 3.21. The molecule has 2 bridgehead atoms. The number of amides is 1. The van der Waals surface area contributed by atoms with Crippen LogP contribution in [0.25, 0.3) is 0 Å². The van der Waals surface area contributed by atoms with Crippen molar-refractivity contribution in [2.75, 3.05) is 16.8 Å². The molecule has 0 unspecified atom stereocenters. The summed E-state index contributed by atoms with van der Waals surface area (Å²) >= 11 is 1.49. The maximum absolute atomic E-state index is 12.2. The number of hydrogen-bond acceptors (Lipinski definition) is 5. The third-order valence-electron chi connectivity index (χ3n) is 5.92. The van der Waals surface area contributed by atoms with Crippen molar-refractivity contribution in [3.05, 3.63) is 11.1 Å². The van der Waals surface area contributed by atoms with E-state index in [1.54, 1.807) is 0 Å². The van der Waals surface area contributed by atoms with Gasteiger partial charge in [-0.05, 0) is 49.9 Å². The normalized spacial score (nSPS) is 34.3. The van der Waals surface area contributed by atoms with Gasteiger partial charge in [0, 0.05) is 17.7 Å². The summed E-state index contributed by atoms with van der Waals surface area (Å²) < 4.78 is 23.3. The van der Waals surface area contributed by atoms with E-state index < -0.39 is 9.84 Å². The summed E-state index contributed by atoms with van der Waals surface area (Å²) in [6.07, 6.45) is 7.07. The summed E-state index contributed by atoms with van der Waals surface area (Å²) in [4.78, 5) is 16.9. The first-order valence-electron chi connectivity index (χ1n) is 8.94. The van der Waals surface area contributed by atoms with Gasteiger partial charge in [0.2, 0.25) is 5.91 Å². The molecule has 3 aliphatic rings. The number of carbonyl (C=O) groups excluding carboxylic acids is 1. The number of fused-ring (bicyclic) bond motifs is 2. The molecule has 1 aliphatic heterocycles. The minimum atomic E-state index is -2.96. The molecule has 24 heavy (non-hydrogen) atoms. The molecule has 1 aromatic heterocycles. The fourth-order valence-electron chi connectivity index (χ4n) is 4.83. The first kappa shape index (κ1) is 16.5. The lowest BCUT2D eigenvalue weighted by Gasteiger charge is -2.21. The van der Waals surface area contributed by atoms with Crippen LogP contribution in [-0.4, -0.2) is 30.8 Å². The second-order valence-electron chi connectivity index (χ2n) is 7.73. The largest absolute Gasteiger partial charge is 0.302 e. The van der Waals surface area contributed by atoms with E-state index >= 15 is 0 Å². The Kier molecular flexibility index (Phi) is 4.41. The van der Waals surface area contributed by atoms with Crippen LogP contribution < -0.4 is 5.32 Å². The summed E-state index contributed by atoms with van der Waals surface area (Å²) in [5.74, 6) is 2.51. The van der Waals surface area contributed by atoms with Gasteiger partial charge in [0.05, 0.1) is 17.2 Å². The molecule has 132 valence electrons. The van der Waals surface area contributed by atoms with Crippen LogP contribution in [0.3, 0.4) is 0 Å². The Balaban J connectivity index is 1.33. The van der Waals surface area contributed by atoms with Gasteiger partial charge in [-0.25, -0.2) is 13.4 Å². The SMILES string of the molecule is O=C(C[C@H]1CCCS(=O)(=O)C1)Nc1nc([C@H]2C[C@H]3CC[C@H]2C3)cs1. The van der Waals surface area contributed by atoms with Gasteiger partial charge in [0.25, 0.3) is 0 Å². The monoisotopic (exact) mass is 368 g/mol. The molecule has 2 heterocycles. The van der Waals surface area contributed by atoms with Crippen molar-refractivity contribution in [3.8, 4) is 0 Å². The van der Waals surface area contributed by atoms with E-state index in [0.29, 0.717) is 17.5 Å². The number of hydrogen-bond donors (Lipinski definition) is 1. The van der Waals surface area contributed by atoms with E-state index in [1.165, 1.54) is 37.0 Å². The minimum absolute atomic E-state index is 0.0475. The summed E-state index contributed by atoms with van der Waals surface area (Å²) in [5, 5.41) is 5.63. The number of carbonyl (C=O) groups is 1. The van der Waals surface area contributed by atoms with Crippen LogP contribution in [0.15, 0.2) is 5.38 Å². The van der Waals surface area contributed by atoms with Crippen LogP contribution in [0.5, 0.6) is 0 Å². The molecule has 1 N–H and O–H groups in total. The Labute approximate surface area is 147 Å². The van der Waals surface area contributed by atoms with Crippen molar-refractivity contribution in [3.63, 3.8) is 0 Å². The van der Waals surface area contributed by atoms with Gasteiger partial charge in [-0.15, -0.1) is 11.3 Å². The molecular weight excluding hydrogens is 344 g/mol. The van der Waals surface area contributed by atoms with E-state index in [9.17, 15) is 13.2 Å². The topological polar surface area (TPSA) is 76.1 Å². The molecule has 0 spiro atoms. The standard InChI is InChI=1S/C17H24N2O3S2/c20-16(8-12-2-1-5-24(21,22)10-12)19-17-18-15(9-23-17)14-7-11-3-4-13(14)6-11/h9,11-14H,1-8,10H2,(H,18,19,20)/t11-,12+,13-,14-/m0/s1. The lowest BCUT2D eigenvalue weighted by Crippen LogP contribution is -2.28. The Hall–Kier alpha value is -0.950. The molecule has 5 nitrogen and oxygen atoms in total. The molecule has 2 saturated carbocycles. The van der Waals surface area contributed by atoms with Gasteiger partial charge in [-0.1, -0.05) is 6.42 Å². The van der Waals surface area contributed by atoms with Crippen LogP contribution in [0.1, 0.15) is 56.6 Å². The van der Waals surface area contributed by atoms with E-state index in [-0.39, 0.29) is 29.8 Å². The van der Waals surface area contributed by atoms with E-state index in [0.717, 1.165) is 24.0 Å². The zero-order valence-electron chi connectivity index (χ0n) is 13.7. The van der Waals surface area contributed by atoms with Gasteiger partial charge in [-0.3, -0.25) is 4.79 Å². The predicted octanol–water partition coefficient (Wildman–Crippen LogP) is 3.20. The number of nitrogens with zero attached hydrogens (tertiary/aromatic N) is 1. The summed E-state index contributed by atoms with van der Waals surface area (Å²) in [6.45, 7) is 0. The van der Waals surface area contributed by atoms with Gasteiger partial charge in [-0.2, -0.15) is 0 Å². The smallest absolute Gasteiger partial charge is 0.226 e. The quantitative estimate of drug-likeness (QED) is 0.885. The Morgan fingerprint density at radius 1 is 1.29 bits per heavy atom. The fraction of sp³-hybridized carbons (Fsp3) is 0.765. The highest BCUT2D eigenvalue weighted by Gasteiger charge is 2.41.